The van der Waals surface area contributed by atoms with Crippen molar-refractivity contribution in [3.05, 3.63) is 21.9 Å². The van der Waals surface area contributed by atoms with Gasteiger partial charge in [0.05, 0.1) is 0 Å². The third-order valence-corrected chi connectivity index (χ3v) is 4.52. The molecule has 13 heavy (non-hydrogen) atoms. The molecule has 0 aromatic carbocycles. The topological polar surface area (TPSA) is 0 Å². The summed E-state index contributed by atoms with van der Waals surface area (Å²) in [5.41, 5.74) is 0. The molecule has 1 saturated carbocycles. The predicted octanol–water partition coefficient (Wildman–Crippen LogP) is 4.53. The Bertz CT molecular complexity index is 266. The second kappa shape index (κ2) is 3.83. The standard InChI is InChI=1S/C12H18S/c1-9(2)11-7-8-12(13-11)10-5-3-4-6-10/h7-10H,3-6H2,1-2H3. The van der Waals surface area contributed by atoms with Crippen LogP contribution in [0.4, 0.5) is 0 Å². The van der Waals surface area contributed by atoms with Crippen LogP contribution in [0, 0.1) is 0 Å². The molecule has 1 fully saturated rings. The van der Waals surface area contributed by atoms with E-state index in [-0.39, 0.29) is 0 Å². The van der Waals surface area contributed by atoms with E-state index >= 15 is 0 Å². The largest absolute Gasteiger partial charge is 0.145 e. The van der Waals surface area contributed by atoms with Gasteiger partial charge in [-0.3, -0.25) is 0 Å². The van der Waals surface area contributed by atoms with Crippen LogP contribution >= 0.6 is 11.3 Å². The lowest BCUT2D eigenvalue weighted by Gasteiger charge is -2.04. The molecule has 0 aliphatic heterocycles. The van der Waals surface area contributed by atoms with Crippen molar-refractivity contribution in [2.45, 2.75) is 51.4 Å². The Labute approximate surface area is 85.0 Å². The molecule has 0 N–H and O–H groups in total. The van der Waals surface area contributed by atoms with Crippen molar-refractivity contribution in [2.75, 3.05) is 0 Å². The van der Waals surface area contributed by atoms with E-state index in [4.69, 9.17) is 0 Å². The van der Waals surface area contributed by atoms with Gasteiger partial charge >= 0.3 is 0 Å². The SMILES string of the molecule is CC(C)c1ccc(C2CCCC2)s1. The molecule has 0 nitrogen and oxygen atoms in total. The van der Waals surface area contributed by atoms with Crippen LogP contribution in [0.1, 0.15) is 61.1 Å². The molecular weight excluding hydrogens is 176 g/mol. The average molecular weight is 194 g/mol. The highest BCUT2D eigenvalue weighted by Gasteiger charge is 2.18. The van der Waals surface area contributed by atoms with E-state index in [1.807, 2.05) is 11.3 Å². The molecule has 0 amide bonds. The van der Waals surface area contributed by atoms with Gasteiger partial charge in [0.1, 0.15) is 0 Å². The summed E-state index contributed by atoms with van der Waals surface area (Å²) < 4.78 is 0. The Balaban J connectivity index is 2.12. The maximum Gasteiger partial charge on any atom is 0.00792 e. The quantitative estimate of drug-likeness (QED) is 0.649. The minimum absolute atomic E-state index is 0.708. The summed E-state index contributed by atoms with van der Waals surface area (Å²) in [6, 6.07) is 4.68. The van der Waals surface area contributed by atoms with E-state index in [0.29, 0.717) is 5.92 Å². The lowest BCUT2D eigenvalue weighted by atomic mass is 10.1. The van der Waals surface area contributed by atoms with Crippen LogP contribution in [0.5, 0.6) is 0 Å². The molecular formula is C12H18S. The van der Waals surface area contributed by atoms with E-state index < -0.39 is 0 Å². The Hall–Kier alpha value is -0.300. The maximum absolute atomic E-state index is 2.36. The Morgan fingerprint density at radius 2 is 1.92 bits per heavy atom. The molecule has 1 aliphatic rings. The first-order chi connectivity index (χ1) is 6.27. The second-order valence-corrected chi connectivity index (χ2v) is 5.52. The second-order valence-electron chi connectivity index (χ2n) is 4.38. The first-order valence-corrected chi connectivity index (χ1v) is 6.18. The molecule has 0 atom stereocenters. The van der Waals surface area contributed by atoms with Gasteiger partial charge in [-0.2, -0.15) is 0 Å². The lowest BCUT2D eigenvalue weighted by Crippen LogP contribution is -1.86. The van der Waals surface area contributed by atoms with Gasteiger partial charge in [-0.1, -0.05) is 26.7 Å². The molecule has 1 aliphatic carbocycles. The summed E-state index contributed by atoms with van der Waals surface area (Å²) in [4.78, 5) is 3.20. The first kappa shape index (κ1) is 9.26. The van der Waals surface area contributed by atoms with Crippen LogP contribution in [0.25, 0.3) is 0 Å². The smallest absolute Gasteiger partial charge is 0.00792 e. The molecule has 2 rings (SSSR count). The number of thiophene rings is 1. The Morgan fingerprint density at radius 1 is 1.23 bits per heavy atom. The maximum atomic E-state index is 2.36. The third kappa shape index (κ3) is 1.96. The van der Waals surface area contributed by atoms with Crippen LogP contribution in [0.2, 0.25) is 0 Å². The zero-order valence-corrected chi connectivity index (χ0v) is 9.36. The molecule has 72 valence electrons. The van der Waals surface area contributed by atoms with Crippen LogP contribution in [-0.2, 0) is 0 Å². The molecule has 1 aromatic rings. The fourth-order valence-corrected chi connectivity index (χ4v) is 3.29. The Morgan fingerprint density at radius 3 is 2.46 bits per heavy atom. The third-order valence-electron chi connectivity index (χ3n) is 2.97. The normalized spacial score (nSPS) is 18.7. The summed E-state index contributed by atoms with van der Waals surface area (Å²) >= 11 is 2.04. The fraction of sp³-hybridized carbons (Fsp3) is 0.667. The highest BCUT2D eigenvalue weighted by atomic mass is 32.1. The number of hydrogen-bond acceptors (Lipinski definition) is 1. The van der Waals surface area contributed by atoms with E-state index in [9.17, 15) is 0 Å². The summed E-state index contributed by atoms with van der Waals surface area (Å²) in [6.07, 6.45) is 5.75. The van der Waals surface area contributed by atoms with Crippen molar-refractivity contribution in [3.8, 4) is 0 Å². The van der Waals surface area contributed by atoms with E-state index in [1.165, 1.54) is 25.7 Å². The van der Waals surface area contributed by atoms with Crippen LogP contribution in [0.3, 0.4) is 0 Å². The van der Waals surface area contributed by atoms with Gasteiger partial charge in [-0.05, 0) is 36.8 Å². The van der Waals surface area contributed by atoms with Crippen molar-refractivity contribution in [1.82, 2.24) is 0 Å². The number of rotatable bonds is 2. The van der Waals surface area contributed by atoms with Gasteiger partial charge < -0.3 is 0 Å². The highest BCUT2D eigenvalue weighted by Crippen LogP contribution is 2.38. The summed E-state index contributed by atoms with van der Waals surface area (Å²) in [6.45, 7) is 4.56. The minimum atomic E-state index is 0.708. The van der Waals surface area contributed by atoms with Crippen molar-refractivity contribution >= 4 is 11.3 Å². The van der Waals surface area contributed by atoms with Gasteiger partial charge in [0.15, 0.2) is 0 Å². The molecule has 0 unspecified atom stereocenters. The minimum Gasteiger partial charge on any atom is -0.145 e. The van der Waals surface area contributed by atoms with Gasteiger partial charge in [-0.15, -0.1) is 11.3 Å². The van der Waals surface area contributed by atoms with Gasteiger partial charge in [-0.25, -0.2) is 0 Å². The monoisotopic (exact) mass is 194 g/mol. The molecule has 0 spiro atoms. The van der Waals surface area contributed by atoms with Crippen molar-refractivity contribution in [3.63, 3.8) is 0 Å². The fourth-order valence-electron chi connectivity index (χ4n) is 2.11. The van der Waals surface area contributed by atoms with Crippen molar-refractivity contribution < 1.29 is 0 Å². The van der Waals surface area contributed by atoms with Crippen LogP contribution in [-0.4, -0.2) is 0 Å². The summed E-state index contributed by atoms with van der Waals surface area (Å²) in [5, 5.41) is 0. The molecule has 0 radical (unpaired) electrons. The van der Waals surface area contributed by atoms with E-state index in [0.717, 1.165) is 5.92 Å². The number of hydrogen-bond donors (Lipinski definition) is 0. The molecule has 0 saturated heterocycles. The van der Waals surface area contributed by atoms with Gasteiger partial charge in [0.25, 0.3) is 0 Å². The Kier molecular flexibility index (Phi) is 2.73. The van der Waals surface area contributed by atoms with Crippen LogP contribution in [0.15, 0.2) is 12.1 Å². The average Bonchev–Trinajstić information content (AvgIpc) is 2.75. The summed E-state index contributed by atoms with van der Waals surface area (Å²) in [7, 11) is 0. The van der Waals surface area contributed by atoms with Crippen molar-refractivity contribution in [1.29, 1.82) is 0 Å². The van der Waals surface area contributed by atoms with Crippen LogP contribution < -0.4 is 0 Å². The van der Waals surface area contributed by atoms with E-state index in [1.54, 1.807) is 9.75 Å². The lowest BCUT2D eigenvalue weighted by molar-refractivity contribution is 0.738. The van der Waals surface area contributed by atoms with Gasteiger partial charge in [0, 0.05) is 9.75 Å². The zero-order chi connectivity index (χ0) is 9.26. The molecule has 1 aromatic heterocycles. The van der Waals surface area contributed by atoms with Crippen molar-refractivity contribution in [2.24, 2.45) is 0 Å². The van der Waals surface area contributed by atoms with E-state index in [2.05, 4.69) is 26.0 Å². The predicted molar refractivity (Wildman–Crippen MR) is 59.6 cm³/mol. The molecule has 1 heterocycles. The molecule has 0 bridgehead atoms. The molecule has 1 heteroatoms. The highest BCUT2D eigenvalue weighted by molar-refractivity contribution is 7.12. The summed E-state index contributed by atoms with van der Waals surface area (Å²) in [5.74, 6) is 1.61. The van der Waals surface area contributed by atoms with Gasteiger partial charge in [0.2, 0.25) is 0 Å². The zero-order valence-electron chi connectivity index (χ0n) is 8.55. The first-order valence-electron chi connectivity index (χ1n) is 5.37.